The Hall–Kier alpha value is -3.10. The van der Waals surface area contributed by atoms with Crippen molar-refractivity contribution in [2.75, 3.05) is 18.4 Å². The number of likely N-dealkylation sites (tertiary alicyclic amines) is 1. The Bertz CT molecular complexity index is 911. The van der Waals surface area contributed by atoms with Crippen molar-refractivity contribution < 1.29 is 22.8 Å². The van der Waals surface area contributed by atoms with E-state index < -0.39 is 11.7 Å². The van der Waals surface area contributed by atoms with Crippen LogP contribution < -0.4 is 5.32 Å². The molecule has 1 fully saturated rings. The Morgan fingerprint density at radius 3 is 2.43 bits per heavy atom. The lowest BCUT2D eigenvalue weighted by molar-refractivity contribution is -0.137. The van der Waals surface area contributed by atoms with Crippen molar-refractivity contribution in [3.8, 4) is 0 Å². The number of anilines is 1. The molecule has 2 heterocycles. The maximum atomic E-state index is 12.6. The zero-order valence-corrected chi connectivity index (χ0v) is 16.5. The zero-order chi connectivity index (χ0) is 21.7. The van der Waals surface area contributed by atoms with Gasteiger partial charge in [0.1, 0.15) is 0 Å². The largest absolute Gasteiger partial charge is 0.416 e. The third-order valence-electron chi connectivity index (χ3n) is 5.06. The molecular formula is C21H23F3N4O2. The molecule has 1 aromatic carbocycles. The lowest BCUT2D eigenvalue weighted by Crippen LogP contribution is -2.40. The second-order valence-corrected chi connectivity index (χ2v) is 7.13. The molecule has 0 bridgehead atoms. The Labute approximate surface area is 172 Å². The molecule has 1 saturated heterocycles. The number of carbonyl (C=O) groups is 2. The van der Waals surface area contributed by atoms with Gasteiger partial charge in [0, 0.05) is 37.8 Å². The molecule has 1 N–H and O–H groups in total. The number of carbonyl (C=O) groups excluding carboxylic acids is 2. The topological polar surface area (TPSA) is 67.2 Å². The van der Waals surface area contributed by atoms with Crippen molar-refractivity contribution in [3.63, 3.8) is 0 Å². The van der Waals surface area contributed by atoms with Crippen LogP contribution in [-0.4, -0.2) is 39.6 Å². The summed E-state index contributed by atoms with van der Waals surface area (Å²) in [6.45, 7) is 3.57. The Morgan fingerprint density at radius 2 is 1.87 bits per heavy atom. The Balaban J connectivity index is 1.48. The number of aromatic nitrogens is 2. The van der Waals surface area contributed by atoms with Crippen molar-refractivity contribution in [1.82, 2.24) is 14.7 Å². The zero-order valence-electron chi connectivity index (χ0n) is 16.5. The highest BCUT2D eigenvalue weighted by molar-refractivity contribution is 5.94. The van der Waals surface area contributed by atoms with E-state index in [1.807, 2.05) is 6.92 Å². The molecule has 1 aliphatic heterocycles. The van der Waals surface area contributed by atoms with Crippen LogP contribution in [0.5, 0.6) is 0 Å². The number of hydrogen-bond acceptors (Lipinski definition) is 3. The van der Waals surface area contributed by atoms with Crippen molar-refractivity contribution in [2.45, 2.75) is 32.5 Å². The average Bonchev–Trinajstić information content (AvgIpc) is 3.19. The maximum absolute atomic E-state index is 12.6. The average molecular weight is 420 g/mol. The number of amides is 2. The van der Waals surface area contributed by atoms with Crippen molar-refractivity contribution in [2.24, 2.45) is 5.92 Å². The van der Waals surface area contributed by atoms with Gasteiger partial charge < -0.3 is 10.2 Å². The molecule has 0 saturated carbocycles. The first kappa shape index (κ1) is 21.6. The number of rotatable bonds is 5. The normalized spacial score (nSPS) is 15.5. The highest BCUT2D eigenvalue weighted by Crippen LogP contribution is 2.29. The number of halogens is 3. The fraction of sp³-hybridized carbons (Fsp3) is 0.381. The van der Waals surface area contributed by atoms with Crippen LogP contribution in [0.4, 0.5) is 18.9 Å². The molecule has 0 atom stereocenters. The first-order valence-corrected chi connectivity index (χ1v) is 9.74. The minimum Gasteiger partial charge on any atom is -0.339 e. The Kier molecular flexibility index (Phi) is 6.59. The van der Waals surface area contributed by atoms with E-state index in [0.29, 0.717) is 37.2 Å². The number of nitrogens with zero attached hydrogens (tertiary/aromatic N) is 3. The van der Waals surface area contributed by atoms with E-state index in [1.54, 1.807) is 22.0 Å². The third kappa shape index (κ3) is 5.49. The Morgan fingerprint density at radius 1 is 1.20 bits per heavy atom. The van der Waals surface area contributed by atoms with Crippen molar-refractivity contribution in [3.05, 3.63) is 53.9 Å². The van der Waals surface area contributed by atoms with Gasteiger partial charge >= 0.3 is 6.18 Å². The summed E-state index contributed by atoms with van der Waals surface area (Å²) < 4.78 is 39.5. The van der Waals surface area contributed by atoms with Gasteiger partial charge in [-0.25, -0.2) is 0 Å². The third-order valence-corrected chi connectivity index (χ3v) is 5.06. The number of benzene rings is 1. The van der Waals surface area contributed by atoms with E-state index in [1.165, 1.54) is 24.3 Å². The van der Waals surface area contributed by atoms with E-state index in [-0.39, 0.29) is 17.7 Å². The summed E-state index contributed by atoms with van der Waals surface area (Å²) in [6, 6.07) is 4.62. The molecule has 2 amide bonds. The minimum atomic E-state index is -4.38. The number of alkyl halides is 3. The van der Waals surface area contributed by atoms with Crippen LogP contribution in [0, 0.1) is 5.92 Å². The van der Waals surface area contributed by atoms with Gasteiger partial charge in [0.15, 0.2) is 0 Å². The standard InChI is InChI=1S/C21H23F3N4O2/c1-2-28-14-18(13-25-28)26-20(30)16-9-11-27(12-10-16)19(29)8-5-15-3-6-17(7-4-15)21(22,23)24/h3-8,13-14,16H,2,9-12H2,1H3,(H,26,30)/b8-5+. The molecule has 30 heavy (non-hydrogen) atoms. The first-order valence-electron chi connectivity index (χ1n) is 9.74. The molecule has 0 spiro atoms. The summed E-state index contributed by atoms with van der Waals surface area (Å²) in [6.07, 6.45) is 2.93. The second-order valence-electron chi connectivity index (χ2n) is 7.13. The predicted molar refractivity (Wildman–Crippen MR) is 106 cm³/mol. The fourth-order valence-electron chi connectivity index (χ4n) is 3.26. The highest BCUT2D eigenvalue weighted by atomic mass is 19.4. The van der Waals surface area contributed by atoms with Crippen LogP contribution in [0.1, 0.15) is 30.9 Å². The van der Waals surface area contributed by atoms with Gasteiger partial charge in [-0.2, -0.15) is 18.3 Å². The molecule has 1 aromatic heterocycles. The SMILES string of the molecule is CCn1cc(NC(=O)C2CCN(C(=O)/C=C/c3ccc(C(F)(F)F)cc3)CC2)cn1. The van der Waals surface area contributed by atoms with Crippen molar-refractivity contribution >= 4 is 23.6 Å². The lowest BCUT2D eigenvalue weighted by Gasteiger charge is -2.30. The van der Waals surface area contributed by atoms with Crippen molar-refractivity contribution in [1.29, 1.82) is 0 Å². The quantitative estimate of drug-likeness (QED) is 0.748. The van der Waals surface area contributed by atoms with E-state index in [2.05, 4.69) is 10.4 Å². The predicted octanol–water partition coefficient (Wildman–Crippen LogP) is 3.81. The summed E-state index contributed by atoms with van der Waals surface area (Å²) in [5.74, 6) is -0.492. The van der Waals surface area contributed by atoms with Crippen LogP contribution in [0.25, 0.3) is 6.08 Å². The van der Waals surface area contributed by atoms with Crippen LogP contribution >= 0.6 is 0 Å². The molecule has 3 rings (SSSR count). The monoisotopic (exact) mass is 420 g/mol. The summed E-state index contributed by atoms with van der Waals surface area (Å²) in [5, 5.41) is 6.97. The van der Waals surface area contributed by atoms with Crippen LogP contribution in [0.3, 0.4) is 0 Å². The lowest BCUT2D eigenvalue weighted by atomic mass is 9.95. The van der Waals surface area contributed by atoms with Gasteiger partial charge in [-0.1, -0.05) is 12.1 Å². The van der Waals surface area contributed by atoms with Crippen LogP contribution in [0.2, 0.25) is 0 Å². The number of piperidine rings is 1. The maximum Gasteiger partial charge on any atom is 0.416 e. The molecule has 2 aromatic rings. The van der Waals surface area contributed by atoms with Gasteiger partial charge in [0.25, 0.3) is 0 Å². The summed E-state index contributed by atoms with van der Waals surface area (Å²) in [4.78, 5) is 26.4. The van der Waals surface area contributed by atoms with Crippen LogP contribution in [-0.2, 0) is 22.3 Å². The number of hydrogen-bond donors (Lipinski definition) is 1. The number of nitrogens with one attached hydrogen (secondary N) is 1. The van der Waals surface area contributed by atoms with E-state index >= 15 is 0 Å². The minimum absolute atomic E-state index is 0.0851. The molecular weight excluding hydrogens is 397 g/mol. The van der Waals surface area contributed by atoms with E-state index in [4.69, 9.17) is 0 Å². The van der Waals surface area contributed by atoms with E-state index in [9.17, 15) is 22.8 Å². The molecule has 0 radical (unpaired) electrons. The molecule has 160 valence electrons. The molecule has 0 unspecified atom stereocenters. The summed E-state index contributed by atoms with van der Waals surface area (Å²) >= 11 is 0. The van der Waals surface area contributed by atoms with E-state index in [0.717, 1.165) is 18.7 Å². The van der Waals surface area contributed by atoms with Gasteiger partial charge in [0.2, 0.25) is 11.8 Å². The van der Waals surface area contributed by atoms with Crippen LogP contribution in [0.15, 0.2) is 42.7 Å². The highest BCUT2D eigenvalue weighted by Gasteiger charge is 2.30. The van der Waals surface area contributed by atoms with Gasteiger partial charge in [0.05, 0.1) is 17.4 Å². The molecule has 1 aliphatic rings. The summed E-state index contributed by atoms with van der Waals surface area (Å²) in [5.41, 5.74) is 0.437. The first-order chi connectivity index (χ1) is 14.3. The van der Waals surface area contributed by atoms with Gasteiger partial charge in [-0.15, -0.1) is 0 Å². The molecule has 0 aliphatic carbocycles. The number of aryl methyl sites for hydroxylation is 1. The smallest absolute Gasteiger partial charge is 0.339 e. The molecule has 6 nitrogen and oxygen atoms in total. The second kappa shape index (κ2) is 9.15. The van der Waals surface area contributed by atoms with Gasteiger partial charge in [-0.05, 0) is 43.5 Å². The summed E-state index contributed by atoms with van der Waals surface area (Å²) in [7, 11) is 0. The molecule has 9 heteroatoms. The fourth-order valence-corrected chi connectivity index (χ4v) is 3.26. The van der Waals surface area contributed by atoms with Gasteiger partial charge in [-0.3, -0.25) is 14.3 Å².